The zero-order valence-corrected chi connectivity index (χ0v) is 24.7. The van der Waals surface area contributed by atoms with Crippen molar-refractivity contribution in [1.29, 1.82) is 0 Å². The molecule has 0 unspecified atom stereocenters. The van der Waals surface area contributed by atoms with Crippen LogP contribution in [0.2, 0.25) is 0 Å². The first-order chi connectivity index (χ1) is 19.9. The van der Waals surface area contributed by atoms with Gasteiger partial charge in [-0.1, -0.05) is 19.9 Å². The van der Waals surface area contributed by atoms with E-state index in [0.717, 1.165) is 61.5 Å². The summed E-state index contributed by atoms with van der Waals surface area (Å²) >= 11 is 1.64. The maximum Gasteiger partial charge on any atom is 0.243 e. The van der Waals surface area contributed by atoms with Crippen LogP contribution in [-0.4, -0.2) is 73.9 Å². The average molecular weight is 572 g/mol. The number of pyridine rings is 1. The number of nitrogens with zero attached hydrogens (tertiary/aromatic N) is 6. The van der Waals surface area contributed by atoms with Crippen LogP contribution >= 0.6 is 11.3 Å². The summed E-state index contributed by atoms with van der Waals surface area (Å²) < 4.78 is 1.74. The number of aromatic nitrogens is 4. The molecule has 2 atom stereocenters. The number of nitrogens with one attached hydrogen (secondary N) is 1. The largest absolute Gasteiger partial charge is 0.352 e. The van der Waals surface area contributed by atoms with Gasteiger partial charge in [-0.05, 0) is 75.3 Å². The van der Waals surface area contributed by atoms with Crippen molar-refractivity contribution in [1.82, 2.24) is 29.8 Å². The smallest absolute Gasteiger partial charge is 0.243 e. The zero-order valence-electron chi connectivity index (χ0n) is 23.9. The molecule has 10 heteroatoms. The highest BCUT2D eigenvalue weighted by atomic mass is 32.1. The number of carbonyl (C=O) groups is 2. The molecule has 9 nitrogen and oxygen atoms in total. The number of carbonyl (C=O) groups excluding carboxylic acids is 2. The SMILES string of the molecule is CCN(CC)[C@@H](C)CCC(=O)c1cc(-c2cnn3ccc(-c4cccs4)nc23)nc(N2CC[C@H]2C(=O)NC2CC2)c1. The fraction of sp³-hybridized carbons (Fsp3) is 0.452. The standard InChI is InChI=1S/C31H37N7O2S/c1-4-36(5-2)20(3)8-11-27(39)21-17-25(34-29(18-21)37-14-13-26(37)31(40)33-22-9-10-22)23-19-32-38-15-12-24(35-30(23)38)28-7-6-16-41-28/h6-7,12,15-20,22,26H,4-5,8-11,13-14H2,1-3H3,(H,33,40)/t20-,26-/m0/s1. The van der Waals surface area contributed by atoms with Crippen molar-refractivity contribution in [3.63, 3.8) is 0 Å². The Morgan fingerprint density at radius 1 is 1.12 bits per heavy atom. The molecule has 0 radical (unpaired) electrons. The summed E-state index contributed by atoms with van der Waals surface area (Å²) in [6.07, 6.45) is 7.76. The molecule has 0 bridgehead atoms. The maximum atomic E-state index is 13.6. The molecule has 0 aromatic carbocycles. The van der Waals surface area contributed by atoms with E-state index in [4.69, 9.17) is 9.97 Å². The molecule has 6 rings (SSSR count). The first-order valence-corrected chi connectivity index (χ1v) is 15.6. The molecule has 4 aromatic rings. The number of anilines is 1. The summed E-state index contributed by atoms with van der Waals surface area (Å²) in [6, 6.07) is 10.1. The molecule has 41 heavy (non-hydrogen) atoms. The minimum absolute atomic E-state index is 0.0464. The van der Waals surface area contributed by atoms with Gasteiger partial charge in [-0.25, -0.2) is 14.5 Å². The second kappa shape index (κ2) is 11.7. The topological polar surface area (TPSA) is 95.7 Å². The van der Waals surface area contributed by atoms with Crippen LogP contribution in [0.3, 0.4) is 0 Å². The van der Waals surface area contributed by atoms with E-state index in [9.17, 15) is 9.59 Å². The van der Waals surface area contributed by atoms with Crippen molar-refractivity contribution < 1.29 is 9.59 Å². The van der Waals surface area contributed by atoms with E-state index in [0.29, 0.717) is 41.2 Å². The van der Waals surface area contributed by atoms with Crippen LogP contribution in [0.4, 0.5) is 5.82 Å². The molecule has 2 aliphatic rings. The first-order valence-electron chi connectivity index (χ1n) is 14.7. The quantitative estimate of drug-likeness (QED) is 0.237. The summed E-state index contributed by atoms with van der Waals surface area (Å²) in [5, 5.41) is 9.69. The lowest BCUT2D eigenvalue weighted by Gasteiger charge is -2.41. The molecule has 5 heterocycles. The van der Waals surface area contributed by atoms with Crippen LogP contribution in [-0.2, 0) is 4.79 Å². The molecular formula is C31H37N7O2S. The predicted molar refractivity (Wildman–Crippen MR) is 162 cm³/mol. The van der Waals surface area contributed by atoms with Crippen molar-refractivity contribution >= 4 is 34.5 Å². The van der Waals surface area contributed by atoms with Gasteiger partial charge >= 0.3 is 0 Å². The van der Waals surface area contributed by atoms with Crippen LogP contribution < -0.4 is 10.2 Å². The maximum absolute atomic E-state index is 13.6. The summed E-state index contributed by atoms with van der Waals surface area (Å²) in [5.41, 5.74) is 3.56. The third-order valence-electron chi connectivity index (χ3n) is 8.32. The molecule has 214 valence electrons. The summed E-state index contributed by atoms with van der Waals surface area (Å²) in [7, 11) is 0. The normalized spacial score (nSPS) is 17.6. The van der Waals surface area contributed by atoms with Crippen molar-refractivity contribution in [3.05, 3.63) is 53.7 Å². The highest BCUT2D eigenvalue weighted by molar-refractivity contribution is 7.13. The molecule has 4 aromatic heterocycles. The number of Topliss-reactive ketones (excluding diaryl/α,β-unsaturated/α-hetero) is 1. The van der Waals surface area contributed by atoms with Gasteiger partial charge in [0.1, 0.15) is 11.9 Å². The van der Waals surface area contributed by atoms with Gasteiger partial charge in [0.25, 0.3) is 0 Å². The molecule has 2 fully saturated rings. The van der Waals surface area contributed by atoms with Crippen LogP contribution in [0.1, 0.15) is 63.2 Å². The van der Waals surface area contributed by atoms with Gasteiger partial charge in [0.05, 0.1) is 28.0 Å². The van der Waals surface area contributed by atoms with E-state index >= 15 is 0 Å². The average Bonchev–Trinajstić information content (AvgIpc) is 3.42. The van der Waals surface area contributed by atoms with E-state index in [-0.39, 0.29) is 17.7 Å². The Balaban J connectivity index is 1.35. The molecule has 1 aliphatic heterocycles. The molecule has 1 N–H and O–H groups in total. The first kappa shape index (κ1) is 27.5. The molecule has 1 amide bonds. The van der Waals surface area contributed by atoms with Crippen molar-refractivity contribution in [2.75, 3.05) is 24.5 Å². The van der Waals surface area contributed by atoms with Gasteiger partial charge in [-0.15, -0.1) is 11.3 Å². The predicted octanol–water partition coefficient (Wildman–Crippen LogP) is 5.07. The molecule has 0 spiro atoms. The highest BCUT2D eigenvalue weighted by Crippen LogP contribution is 2.33. The van der Waals surface area contributed by atoms with E-state index < -0.39 is 0 Å². The Morgan fingerprint density at radius 2 is 1.95 bits per heavy atom. The number of hydrogen-bond donors (Lipinski definition) is 1. The highest BCUT2D eigenvalue weighted by Gasteiger charge is 2.38. The Hall–Kier alpha value is -3.63. The van der Waals surface area contributed by atoms with Crippen molar-refractivity contribution in [2.45, 2.75) is 71.0 Å². The lowest BCUT2D eigenvalue weighted by Crippen LogP contribution is -2.57. The van der Waals surface area contributed by atoms with E-state index in [1.807, 2.05) is 46.8 Å². The molecule has 1 saturated carbocycles. The monoisotopic (exact) mass is 571 g/mol. The lowest BCUT2D eigenvalue weighted by atomic mass is 9.99. The van der Waals surface area contributed by atoms with Crippen molar-refractivity contribution in [3.8, 4) is 21.8 Å². The second-order valence-electron chi connectivity index (χ2n) is 11.0. The summed E-state index contributed by atoms with van der Waals surface area (Å²) in [6.45, 7) is 9.14. The van der Waals surface area contributed by atoms with Gasteiger partial charge in [-0.2, -0.15) is 5.10 Å². The zero-order chi connectivity index (χ0) is 28.5. The second-order valence-corrected chi connectivity index (χ2v) is 12.0. The van der Waals surface area contributed by atoms with Crippen LogP contribution in [0.25, 0.3) is 27.5 Å². The van der Waals surface area contributed by atoms with Crippen LogP contribution in [0.15, 0.2) is 48.1 Å². The fourth-order valence-corrected chi connectivity index (χ4v) is 6.24. The third kappa shape index (κ3) is 5.76. The number of amides is 1. The number of rotatable bonds is 12. The Kier molecular flexibility index (Phi) is 7.86. The van der Waals surface area contributed by atoms with Gasteiger partial charge in [0, 0.05) is 36.8 Å². The van der Waals surface area contributed by atoms with Gasteiger partial charge in [0.15, 0.2) is 11.4 Å². The van der Waals surface area contributed by atoms with Gasteiger partial charge < -0.3 is 15.1 Å². The van der Waals surface area contributed by atoms with Gasteiger partial charge in [-0.3, -0.25) is 9.59 Å². The minimum Gasteiger partial charge on any atom is -0.352 e. The van der Waals surface area contributed by atoms with E-state index in [1.165, 1.54) is 0 Å². The van der Waals surface area contributed by atoms with Crippen LogP contribution in [0, 0.1) is 0 Å². The molecule has 1 saturated heterocycles. The van der Waals surface area contributed by atoms with Crippen molar-refractivity contribution in [2.24, 2.45) is 0 Å². The third-order valence-corrected chi connectivity index (χ3v) is 9.21. The number of ketones is 1. The van der Waals surface area contributed by atoms with E-state index in [2.05, 4.69) is 36.1 Å². The number of hydrogen-bond acceptors (Lipinski definition) is 8. The molecule has 1 aliphatic carbocycles. The van der Waals surface area contributed by atoms with E-state index in [1.54, 1.807) is 22.0 Å². The van der Waals surface area contributed by atoms with Crippen LogP contribution in [0.5, 0.6) is 0 Å². The lowest BCUT2D eigenvalue weighted by molar-refractivity contribution is -0.123. The Morgan fingerprint density at radius 3 is 2.63 bits per heavy atom. The Labute approximate surface area is 244 Å². The molecular weight excluding hydrogens is 534 g/mol. The minimum atomic E-state index is -0.267. The summed E-state index contributed by atoms with van der Waals surface area (Å²) in [5.74, 6) is 0.779. The fourth-order valence-electron chi connectivity index (χ4n) is 5.55. The number of thiophene rings is 1. The Bertz CT molecular complexity index is 1540. The number of fused-ring (bicyclic) bond motifs is 1. The summed E-state index contributed by atoms with van der Waals surface area (Å²) in [4.78, 5) is 41.9. The van der Waals surface area contributed by atoms with Gasteiger partial charge in [0.2, 0.25) is 5.91 Å².